The van der Waals surface area contributed by atoms with E-state index in [-0.39, 0.29) is 0 Å². The van der Waals surface area contributed by atoms with Crippen molar-refractivity contribution in [1.29, 1.82) is 0 Å². The van der Waals surface area contributed by atoms with E-state index in [9.17, 15) is 5.11 Å². The molecule has 0 aromatic heterocycles. The number of aliphatic hydroxyl groups excluding tert-OH is 1. The average Bonchev–Trinajstić information content (AvgIpc) is 2.61. The van der Waals surface area contributed by atoms with Crippen LogP contribution in [0.3, 0.4) is 0 Å². The minimum Gasteiger partial charge on any atom is -0.391 e. The Morgan fingerprint density at radius 3 is 2.83 bits per heavy atom. The van der Waals surface area contributed by atoms with Crippen molar-refractivity contribution in [2.75, 3.05) is 19.3 Å². The second-order valence-electron chi connectivity index (χ2n) is 6.43. The molecule has 0 radical (unpaired) electrons. The van der Waals surface area contributed by atoms with Crippen molar-refractivity contribution >= 4 is 17.7 Å². The SMILES string of the molecule is CCNC(=NCC(O)Cc1ccccc1)NC1CCCC(SC)C1. The Hall–Kier alpha value is -1.20. The first-order valence-electron chi connectivity index (χ1n) is 9.01. The number of hydrogen-bond donors (Lipinski definition) is 3. The van der Waals surface area contributed by atoms with Crippen LogP contribution in [0.4, 0.5) is 0 Å². The molecule has 0 spiro atoms. The molecule has 3 atom stereocenters. The second kappa shape index (κ2) is 10.6. The predicted octanol–water partition coefficient (Wildman–Crippen LogP) is 2.82. The summed E-state index contributed by atoms with van der Waals surface area (Å²) >= 11 is 1.97. The molecule has 0 amide bonds. The van der Waals surface area contributed by atoms with Gasteiger partial charge in [0.2, 0.25) is 0 Å². The Balaban J connectivity index is 1.85. The van der Waals surface area contributed by atoms with Crippen molar-refractivity contribution in [3.63, 3.8) is 0 Å². The molecule has 0 bridgehead atoms. The molecule has 134 valence electrons. The van der Waals surface area contributed by atoms with Gasteiger partial charge in [-0.15, -0.1) is 0 Å². The summed E-state index contributed by atoms with van der Waals surface area (Å²) in [5.74, 6) is 0.830. The van der Waals surface area contributed by atoms with Crippen LogP contribution in [0.2, 0.25) is 0 Å². The van der Waals surface area contributed by atoms with Gasteiger partial charge >= 0.3 is 0 Å². The smallest absolute Gasteiger partial charge is 0.191 e. The van der Waals surface area contributed by atoms with Crippen molar-refractivity contribution in [3.05, 3.63) is 35.9 Å². The standard InChI is InChI=1S/C19H31N3OS/c1-3-20-19(22-16-10-7-11-18(13-16)24-2)21-14-17(23)12-15-8-5-4-6-9-15/h4-6,8-9,16-18,23H,3,7,10-14H2,1-2H3,(H2,20,21,22). The molecule has 0 saturated heterocycles. The van der Waals surface area contributed by atoms with Gasteiger partial charge < -0.3 is 15.7 Å². The van der Waals surface area contributed by atoms with E-state index in [0.717, 1.165) is 23.3 Å². The molecular weight excluding hydrogens is 318 g/mol. The van der Waals surface area contributed by atoms with E-state index in [4.69, 9.17) is 0 Å². The van der Waals surface area contributed by atoms with E-state index in [1.807, 2.05) is 42.1 Å². The zero-order chi connectivity index (χ0) is 17.2. The Kier molecular flexibility index (Phi) is 8.47. The third kappa shape index (κ3) is 6.73. The van der Waals surface area contributed by atoms with Gasteiger partial charge in [-0.25, -0.2) is 0 Å². The first-order valence-corrected chi connectivity index (χ1v) is 10.3. The Labute approximate surface area is 150 Å². The van der Waals surface area contributed by atoms with E-state index in [0.29, 0.717) is 19.0 Å². The molecule has 2 rings (SSSR count). The Morgan fingerprint density at radius 2 is 2.12 bits per heavy atom. The van der Waals surface area contributed by atoms with Gasteiger partial charge in [-0.3, -0.25) is 4.99 Å². The number of aliphatic hydroxyl groups is 1. The largest absolute Gasteiger partial charge is 0.391 e. The van der Waals surface area contributed by atoms with Crippen LogP contribution in [0.25, 0.3) is 0 Å². The lowest BCUT2D eigenvalue weighted by atomic mass is 9.95. The third-order valence-electron chi connectivity index (χ3n) is 4.42. The topological polar surface area (TPSA) is 56.7 Å². The maximum atomic E-state index is 10.2. The molecule has 1 aliphatic rings. The molecule has 1 aromatic carbocycles. The average molecular weight is 350 g/mol. The molecule has 5 heteroatoms. The van der Waals surface area contributed by atoms with Crippen LogP contribution in [-0.2, 0) is 6.42 Å². The van der Waals surface area contributed by atoms with Crippen LogP contribution in [0.15, 0.2) is 35.3 Å². The fraction of sp³-hybridized carbons (Fsp3) is 0.632. The van der Waals surface area contributed by atoms with Gasteiger partial charge in [-0.05, 0) is 38.0 Å². The van der Waals surface area contributed by atoms with Crippen LogP contribution >= 0.6 is 11.8 Å². The summed E-state index contributed by atoms with van der Waals surface area (Å²) in [6.45, 7) is 3.32. The van der Waals surface area contributed by atoms with Crippen LogP contribution in [0.5, 0.6) is 0 Å². The molecule has 1 saturated carbocycles. The monoisotopic (exact) mass is 349 g/mol. The van der Waals surface area contributed by atoms with Crippen LogP contribution in [-0.4, -0.2) is 47.8 Å². The summed E-state index contributed by atoms with van der Waals surface area (Å²) in [6, 6.07) is 10.6. The van der Waals surface area contributed by atoms with E-state index in [1.54, 1.807) is 0 Å². The van der Waals surface area contributed by atoms with Gasteiger partial charge in [0.05, 0.1) is 12.6 Å². The highest BCUT2D eigenvalue weighted by Crippen LogP contribution is 2.26. The number of hydrogen-bond acceptors (Lipinski definition) is 3. The predicted molar refractivity (Wildman–Crippen MR) is 105 cm³/mol. The summed E-state index contributed by atoms with van der Waals surface area (Å²) < 4.78 is 0. The molecule has 3 unspecified atom stereocenters. The lowest BCUT2D eigenvalue weighted by Gasteiger charge is -2.30. The van der Waals surface area contributed by atoms with E-state index in [2.05, 4.69) is 28.8 Å². The lowest BCUT2D eigenvalue weighted by Crippen LogP contribution is -2.46. The fourth-order valence-corrected chi connectivity index (χ4v) is 3.98. The Morgan fingerprint density at radius 1 is 1.33 bits per heavy atom. The van der Waals surface area contributed by atoms with Crippen molar-refractivity contribution < 1.29 is 5.11 Å². The van der Waals surface area contributed by atoms with Crippen molar-refractivity contribution in [2.24, 2.45) is 4.99 Å². The molecule has 4 nitrogen and oxygen atoms in total. The summed E-state index contributed by atoms with van der Waals surface area (Å²) in [6.07, 6.45) is 7.38. The van der Waals surface area contributed by atoms with Crippen LogP contribution in [0.1, 0.15) is 38.2 Å². The molecular formula is C19H31N3OS. The first kappa shape index (κ1) is 19.1. The number of benzene rings is 1. The van der Waals surface area contributed by atoms with Gasteiger partial charge in [0.15, 0.2) is 5.96 Å². The van der Waals surface area contributed by atoms with Crippen LogP contribution < -0.4 is 10.6 Å². The zero-order valence-corrected chi connectivity index (χ0v) is 15.7. The summed E-state index contributed by atoms with van der Waals surface area (Å²) in [4.78, 5) is 4.59. The van der Waals surface area contributed by atoms with Crippen molar-refractivity contribution in [1.82, 2.24) is 10.6 Å². The molecule has 0 heterocycles. The summed E-state index contributed by atoms with van der Waals surface area (Å²) in [5, 5.41) is 17.9. The molecule has 0 aliphatic heterocycles. The van der Waals surface area contributed by atoms with Crippen LogP contribution in [0, 0.1) is 0 Å². The van der Waals surface area contributed by atoms with E-state index in [1.165, 1.54) is 25.7 Å². The number of guanidine groups is 1. The molecule has 24 heavy (non-hydrogen) atoms. The molecule has 1 aliphatic carbocycles. The minimum absolute atomic E-state index is 0.420. The fourth-order valence-electron chi connectivity index (χ4n) is 3.15. The third-order valence-corrected chi connectivity index (χ3v) is 5.51. The van der Waals surface area contributed by atoms with E-state index < -0.39 is 6.10 Å². The normalized spacial score (nSPS) is 22.9. The van der Waals surface area contributed by atoms with Gasteiger partial charge in [0, 0.05) is 24.3 Å². The highest BCUT2D eigenvalue weighted by Gasteiger charge is 2.21. The summed E-state index contributed by atoms with van der Waals surface area (Å²) in [7, 11) is 0. The quantitative estimate of drug-likeness (QED) is 0.523. The highest BCUT2D eigenvalue weighted by molar-refractivity contribution is 7.99. The minimum atomic E-state index is -0.451. The second-order valence-corrected chi connectivity index (χ2v) is 7.57. The number of aliphatic imine (C=N–C) groups is 1. The van der Waals surface area contributed by atoms with E-state index >= 15 is 0 Å². The van der Waals surface area contributed by atoms with Gasteiger partial charge in [0.1, 0.15) is 0 Å². The van der Waals surface area contributed by atoms with Gasteiger partial charge in [0.25, 0.3) is 0 Å². The zero-order valence-electron chi connectivity index (χ0n) is 14.9. The number of thioether (sulfide) groups is 1. The number of nitrogens with zero attached hydrogens (tertiary/aromatic N) is 1. The Bertz CT molecular complexity index is 495. The molecule has 1 fully saturated rings. The van der Waals surface area contributed by atoms with Crippen molar-refractivity contribution in [2.45, 2.75) is 56.4 Å². The number of rotatable bonds is 7. The van der Waals surface area contributed by atoms with Gasteiger partial charge in [-0.2, -0.15) is 11.8 Å². The molecule has 3 N–H and O–H groups in total. The van der Waals surface area contributed by atoms with Crippen molar-refractivity contribution in [3.8, 4) is 0 Å². The highest BCUT2D eigenvalue weighted by atomic mass is 32.2. The lowest BCUT2D eigenvalue weighted by molar-refractivity contribution is 0.183. The maximum Gasteiger partial charge on any atom is 0.191 e. The maximum absolute atomic E-state index is 10.2. The van der Waals surface area contributed by atoms with Gasteiger partial charge in [-0.1, -0.05) is 36.8 Å². The summed E-state index contributed by atoms with van der Waals surface area (Å²) in [5.41, 5.74) is 1.15. The first-order chi connectivity index (χ1) is 11.7. The molecule has 1 aromatic rings. The number of nitrogens with one attached hydrogen (secondary N) is 2.